The first kappa shape index (κ1) is 45.8. The van der Waals surface area contributed by atoms with Crippen LogP contribution in [0.1, 0.15) is 89.0 Å². The second-order valence-electron chi connectivity index (χ2n) is 13.4. The third-order valence-corrected chi connectivity index (χ3v) is 8.80. The molecule has 256 valence electrons. The molecule has 6 aromatic rings. The van der Waals surface area contributed by atoms with Crippen LogP contribution in [-0.2, 0) is 28.8 Å². The van der Waals surface area contributed by atoms with Gasteiger partial charge in [0.1, 0.15) is 0 Å². The zero-order chi connectivity index (χ0) is 32.0. The molecule has 0 spiro atoms. The number of fused-ring (bicyclic) bond motifs is 2. The molecule has 0 aliphatic heterocycles. The Balaban J connectivity index is 0.000000821. The van der Waals surface area contributed by atoms with E-state index in [4.69, 9.17) is 0 Å². The fraction of sp³-hybridized carbons (Fsp3) is 0.273. The third kappa shape index (κ3) is 10.9. The van der Waals surface area contributed by atoms with E-state index in [0.29, 0.717) is 11.8 Å². The molecular formula is C44H54Cl2SiZr-4. The van der Waals surface area contributed by atoms with Crippen molar-refractivity contribution in [3.8, 4) is 22.3 Å². The summed E-state index contributed by atoms with van der Waals surface area (Å²) >= 11 is 1.36. The minimum atomic E-state index is 0. The Morgan fingerprint density at radius 1 is 0.667 bits per heavy atom. The summed E-state index contributed by atoms with van der Waals surface area (Å²) in [5, 5.41) is 5.43. The van der Waals surface area contributed by atoms with E-state index in [9.17, 15) is 0 Å². The SMILES string of the molecule is CCC(C)c1cc2c(-c3ccc(C(C)(C)C)cc3)cccc2[cH-]1.Cc1cc2c(-c3ccc(C(C)C)cc3)cccc2[cH-]1.Cl.Cl.[CH3-].[CH3-].[Si]=[Zr]. The molecule has 1 atom stereocenters. The summed E-state index contributed by atoms with van der Waals surface area (Å²) in [6, 6.07) is 40.5. The molecule has 0 saturated carbocycles. The Morgan fingerprint density at radius 2 is 1.12 bits per heavy atom. The maximum atomic E-state index is 3.06. The van der Waals surface area contributed by atoms with Gasteiger partial charge < -0.3 is 14.9 Å². The van der Waals surface area contributed by atoms with Crippen molar-refractivity contribution in [3.05, 3.63) is 146 Å². The van der Waals surface area contributed by atoms with E-state index in [1.54, 1.807) is 0 Å². The molecule has 0 amide bonds. The second kappa shape index (κ2) is 20.5. The molecule has 0 aliphatic carbocycles. The number of hydrogen-bond acceptors (Lipinski definition) is 0. The number of halogens is 2. The van der Waals surface area contributed by atoms with Crippen LogP contribution < -0.4 is 0 Å². The standard InChI is InChI=1S/C23H27.C19H19.2CH3.2ClH.Si.Zr/c1-6-16(2)19-14-18-8-7-9-21(22(18)15-19)17-10-12-20(13-11-17)23(3,4)5;1-13(2)15-7-9-16(10-8-15)18-6-4-5-17-11-14(3)12-19(17)18;;;;;;/h7-16H,6H2,1-5H3;4-13H,1-3H3;2*1H3;2*1H;;/q4*-1;;;;. The third-order valence-electron chi connectivity index (χ3n) is 8.80. The van der Waals surface area contributed by atoms with E-state index in [1.165, 1.54) is 95.8 Å². The summed E-state index contributed by atoms with van der Waals surface area (Å²) in [7, 11) is 0. The van der Waals surface area contributed by atoms with Crippen LogP contribution in [0.25, 0.3) is 43.8 Å². The fourth-order valence-corrected chi connectivity index (χ4v) is 5.86. The van der Waals surface area contributed by atoms with Gasteiger partial charge >= 0.3 is 30.2 Å². The summed E-state index contributed by atoms with van der Waals surface area (Å²) in [5.74, 6) is 1.21. The van der Waals surface area contributed by atoms with Gasteiger partial charge in [0.15, 0.2) is 0 Å². The Kier molecular flexibility index (Phi) is 19.5. The number of hydrogen-bond donors (Lipinski definition) is 0. The molecular weight excluding hydrogens is 719 g/mol. The quantitative estimate of drug-likeness (QED) is 0.121. The molecule has 6 aromatic carbocycles. The van der Waals surface area contributed by atoms with Crippen molar-refractivity contribution in [2.45, 2.75) is 79.1 Å². The number of rotatable bonds is 5. The van der Waals surface area contributed by atoms with E-state index in [1.807, 2.05) is 0 Å². The van der Waals surface area contributed by atoms with Crippen LogP contribution in [0.2, 0.25) is 0 Å². The van der Waals surface area contributed by atoms with Gasteiger partial charge in [-0.3, -0.25) is 0 Å². The van der Waals surface area contributed by atoms with Crippen molar-refractivity contribution in [2.75, 3.05) is 0 Å². The van der Waals surface area contributed by atoms with E-state index in [2.05, 4.69) is 171 Å². The molecule has 4 heteroatoms. The zero-order valence-electron chi connectivity index (χ0n) is 30.6. The maximum absolute atomic E-state index is 3.06. The summed E-state index contributed by atoms with van der Waals surface area (Å²) in [6.45, 7) is 21.0. The topological polar surface area (TPSA) is 0 Å². The molecule has 0 nitrogen and oxygen atoms in total. The van der Waals surface area contributed by atoms with Crippen molar-refractivity contribution in [1.29, 1.82) is 0 Å². The monoisotopic (exact) mass is 770 g/mol. The van der Waals surface area contributed by atoms with Gasteiger partial charge in [-0.1, -0.05) is 134 Å². The van der Waals surface area contributed by atoms with Crippen LogP contribution in [0.3, 0.4) is 0 Å². The molecule has 0 heterocycles. The average molecular weight is 773 g/mol. The van der Waals surface area contributed by atoms with Crippen molar-refractivity contribution < 1.29 is 23.3 Å². The van der Waals surface area contributed by atoms with E-state index >= 15 is 0 Å². The molecule has 0 aliphatic rings. The van der Waals surface area contributed by atoms with Crippen LogP contribution in [0.5, 0.6) is 0 Å². The summed E-state index contributed by atoms with van der Waals surface area (Å²) in [4.78, 5) is 0. The molecule has 0 N–H and O–H groups in total. The summed E-state index contributed by atoms with van der Waals surface area (Å²) in [5.41, 5.74) is 11.1. The molecule has 0 fully saturated rings. The second-order valence-corrected chi connectivity index (χ2v) is 13.4. The first-order valence-corrected chi connectivity index (χ1v) is 20.1. The number of benzene rings is 4. The Labute approximate surface area is 321 Å². The van der Waals surface area contributed by atoms with Crippen molar-refractivity contribution in [3.63, 3.8) is 0 Å². The van der Waals surface area contributed by atoms with Crippen LogP contribution >= 0.6 is 24.8 Å². The van der Waals surface area contributed by atoms with Gasteiger partial charge in [-0.15, -0.1) is 93.9 Å². The average Bonchev–Trinajstić information content (AvgIpc) is 3.64. The normalized spacial score (nSPS) is 11.0. The van der Waals surface area contributed by atoms with E-state index in [0.717, 1.165) is 0 Å². The van der Waals surface area contributed by atoms with Gasteiger partial charge in [-0.05, 0) is 39.5 Å². The Hall–Kier alpha value is -2.22. The summed E-state index contributed by atoms with van der Waals surface area (Å²) in [6.07, 6.45) is 1.19. The predicted octanol–water partition coefficient (Wildman–Crippen LogP) is 14.1. The fourth-order valence-electron chi connectivity index (χ4n) is 5.86. The molecule has 0 bridgehead atoms. The predicted molar refractivity (Wildman–Crippen MR) is 219 cm³/mol. The first-order chi connectivity index (χ1) is 21.0. The molecule has 0 saturated heterocycles. The van der Waals surface area contributed by atoms with Crippen molar-refractivity contribution in [1.82, 2.24) is 0 Å². The molecule has 1 unspecified atom stereocenters. The van der Waals surface area contributed by atoms with Crippen molar-refractivity contribution >= 4 is 53.2 Å². The molecule has 6 rings (SSSR count). The molecule has 48 heavy (non-hydrogen) atoms. The van der Waals surface area contributed by atoms with Gasteiger partial charge in [-0.2, -0.15) is 12.1 Å². The summed E-state index contributed by atoms with van der Waals surface area (Å²) < 4.78 is 0. The molecule has 2 radical (unpaired) electrons. The van der Waals surface area contributed by atoms with Crippen LogP contribution in [0.4, 0.5) is 0 Å². The van der Waals surface area contributed by atoms with Gasteiger partial charge in [0.2, 0.25) is 0 Å². The van der Waals surface area contributed by atoms with E-state index < -0.39 is 0 Å². The Morgan fingerprint density at radius 3 is 1.58 bits per heavy atom. The van der Waals surface area contributed by atoms with E-state index in [-0.39, 0.29) is 45.1 Å². The Bertz CT molecular complexity index is 1800. The van der Waals surface area contributed by atoms with Crippen LogP contribution in [0, 0.1) is 21.8 Å². The zero-order valence-corrected chi connectivity index (χ0v) is 35.7. The van der Waals surface area contributed by atoms with Crippen LogP contribution in [-0.4, -0.2) is 6.88 Å². The van der Waals surface area contributed by atoms with Gasteiger partial charge in [-0.25, -0.2) is 0 Å². The number of aryl methyl sites for hydroxylation is 1. The molecule has 0 aromatic heterocycles. The van der Waals surface area contributed by atoms with Gasteiger partial charge in [0.05, 0.1) is 0 Å². The van der Waals surface area contributed by atoms with Gasteiger partial charge in [0, 0.05) is 0 Å². The van der Waals surface area contributed by atoms with Crippen molar-refractivity contribution in [2.24, 2.45) is 0 Å². The van der Waals surface area contributed by atoms with Gasteiger partial charge in [0.25, 0.3) is 0 Å². The minimum absolute atomic E-state index is 0. The van der Waals surface area contributed by atoms with Crippen LogP contribution in [0.15, 0.2) is 109 Å². The first-order valence-electron chi connectivity index (χ1n) is 15.9.